The van der Waals surface area contributed by atoms with Gasteiger partial charge in [-0.2, -0.15) is 0 Å². The lowest BCUT2D eigenvalue weighted by molar-refractivity contribution is -0.216. The Labute approximate surface area is 225 Å². The first-order valence-electron chi connectivity index (χ1n) is 13.2. The van der Waals surface area contributed by atoms with Gasteiger partial charge in [-0.25, -0.2) is 0 Å². The minimum atomic E-state index is -0.749. The Morgan fingerprint density at radius 1 is 0.974 bits per heavy atom. The molecule has 2 aromatic carbocycles. The highest BCUT2D eigenvalue weighted by Crippen LogP contribution is 2.30. The fourth-order valence-electron chi connectivity index (χ4n) is 4.31. The van der Waals surface area contributed by atoms with Gasteiger partial charge < -0.3 is 18.9 Å². The molecular formula is C30H37N3O5. The van der Waals surface area contributed by atoms with Crippen molar-refractivity contribution >= 4 is 5.97 Å². The summed E-state index contributed by atoms with van der Waals surface area (Å²) in [6.07, 6.45) is 2.42. The molecule has 1 aliphatic heterocycles. The number of ether oxygens (including phenoxy) is 4. The summed E-state index contributed by atoms with van der Waals surface area (Å²) in [6.45, 7) is 4.06. The summed E-state index contributed by atoms with van der Waals surface area (Å²) in [5.74, 6) is 5.93. The summed E-state index contributed by atoms with van der Waals surface area (Å²) < 4.78 is 24.4. The molecule has 8 nitrogen and oxygen atoms in total. The van der Waals surface area contributed by atoms with Gasteiger partial charge in [-0.1, -0.05) is 97.9 Å². The Balaban J connectivity index is 1.88. The monoisotopic (exact) mass is 519 g/mol. The predicted octanol–water partition coefficient (Wildman–Crippen LogP) is 6.14. The number of benzene rings is 2. The summed E-state index contributed by atoms with van der Waals surface area (Å²) >= 11 is 0. The normalized spacial score (nSPS) is 22.5. The van der Waals surface area contributed by atoms with Crippen molar-refractivity contribution in [1.82, 2.24) is 0 Å². The van der Waals surface area contributed by atoms with E-state index in [4.69, 9.17) is 18.9 Å². The molecule has 202 valence electrons. The summed E-state index contributed by atoms with van der Waals surface area (Å²) in [5, 5.41) is 4.06. The predicted molar refractivity (Wildman–Crippen MR) is 145 cm³/mol. The van der Waals surface area contributed by atoms with E-state index in [2.05, 4.69) is 28.8 Å². The highest BCUT2D eigenvalue weighted by atomic mass is 16.6. The van der Waals surface area contributed by atoms with E-state index in [1.165, 1.54) is 13.3 Å². The van der Waals surface area contributed by atoms with E-state index < -0.39 is 36.4 Å². The first-order chi connectivity index (χ1) is 18.6. The van der Waals surface area contributed by atoms with Crippen LogP contribution in [0.15, 0.2) is 65.8 Å². The van der Waals surface area contributed by atoms with Crippen molar-refractivity contribution in [1.29, 1.82) is 0 Å². The van der Waals surface area contributed by atoms with Crippen molar-refractivity contribution in [3.63, 3.8) is 0 Å². The van der Waals surface area contributed by atoms with Gasteiger partial charge in [0.1, 0.15) is 31.0 Å². The molecule has 0 unspecified atom stereocenters. The Morgan fingerprint density at radius 2 is 1.61 bits per heavy atom. The molecule has 0 spiro atoms. The topological polar surface area (TPSA) is 103 Å². The molecule has 38 heavy (non-hydrogen) atoms. The van der Waals surface area contributed by atoms with E-state index in [0.29, 0.717) is 0 Å². The summed E-state index contributed by atoms with van der Waals surface area (Å²) in [4.78, 5) is 14.8. The molecule has 0 saturated carbocycles. The first kappa shape index (κ1) is 29.2. The van der Waals surface area contributed by atoms with Crippen LogP contribution in [0.25, 0.3) is 10.4 Å². The minimum Gasteiger partial charge on any atom is -0.463 e. The Kier molecular flexibility index (Phi) is 12.7. The van der Waals surface area contributed by atoms with Gasteiger partial charge in [0, 0.05) is 18.3 Å². The van der Waals surface area contributed by atoms with Gasteiger partial charge in [-0.15, -0.1) is 5.92 Å². The lowest BCUT2D eigenvalue weighted by Crippen LogP contribution is -2.59. The maximum absolute atomic E-state index is 11.7. The third-order valence-corrected chi connectivity index (χ3v) is 6.26. The Morgan fingerprint density at radius 3 is 2.18 bits per heavy atom. The van der Waals surface area contributed by atoms with Crippen LogP contribution in [0, 0.1) is 11.8 Å². The number of hydrogen-bond donors (Lipinski definition) is 0. The van der Waals surface area contributed by atoms with Crippen LogP contribution in [0.4, 0.5) is 0 Å². The summed E-state index contributed by atoms with van der Waals surface area (Å²) in [6, 6.07) is 18.7. The standard InChI is InChI=1S/C30H37N3O5/c1-3-4-5-6-7-14-19-26-28(32-33-31)30(37-21-25-17-12-9-13-18-25)29(27(38-26)22-35-23(2)34)36-20-24-15-10-8-11-16-24/h8-13,15-18,26-30H,3-7,20-22H2,1-2H3/t26-,27+,28-,29-,30+/m0/s1. The van der Waals surface area contributed by atoms with Crippen LogP contribution in [0.5, 0.6) is 0 Å². The van der Waals surface area contributed by atoms with E-state index in [0.717, 1.165) is 36.8 Å². The van der Waals surface area contributed by atoms with Crippen LogP contribution in [0.3, 0.4) is 0 Å². The van der Waals surface area contributed by atoms with E-state index in [-0.39, 0.29) is 19.8 Å². The third kappa shape index (κ3) is 9.51. The third-order valence-electron chi connectivity index (χ3n) is 6.26. The number of azide groups is 1. The van der Waals surface area contributed by atoms with Crippen LogP contribution < -0.4 is 0 Å². The van der Waals surface area contributed by atoms with Crippen LogP contribution >= 0.6 is 0 Å². The number of nitrogens with zero attached hydrogens (tertiary/aromatic N) is 3. The molecule has 1 saturated heterocycles. The second-order valence-corrected chi connectivity index (χ2v) is 9.25. The molecule has 1 heterocycles. The van der Waals surface area contributed by atoms with Crippen LogP contribution in [0.2, 0.25) is 0 Å². The average Bonchev–Trinajstić information content (AvgIpc) is 2.94. The van der Waals surface area contributed by atoms with Crippen molar-refractivity contribution in [2.45, 2.75) is 89.6 Å². The molecule has 0 amide bonds. The molecule has 5 atom stereocenters. The lowest BCUT2D eigenvalue weighted by Gasteiger charge is -2.43. The Bertz CT molecular complexity index is 1080. The fourth-order valence-corrected chi connectivity index (χ4v) is 4.31. The molecule has 0 radical (unpaired) electrons. The van der Waals surface area contributed by atoms with Crippen LogP contribution in [-0.2, 0) is 37.0 Å². The van der Waals surface area contributed by atoms with Crippen LogP contribution in [0.1, 0.15) is 57.1 Å². The number of carbonyl (C=O) groups excluding carboxylic acids is 1. The molecule has 1 aliphatic rings. The number of rotatable bonds is 13. The first-order valence-corrected chi connectivity index (χ1v) is 13.2. The highest BCUT2D eigenvalue weighted by molar-refractivity contribution is 5.65. The van der Waals surface area contributed by atoms with Crippen LogP contribution in [-0.4, -0.2) is 43.0 Å². The molecule has 8 heteroatoms. The largest absolute Gasteiger partial charge is 0.463 e. The smallest absolute Gasteiger partial charge is 0.302 e. The zero-order valence-corrected chi connectivity index (χ0v) is 22.2. The van der Waals surface area contributed by atoms with Gasteiger partial charge in [0.05, 0.1) is 19.3 Å². The quantitative estimate of drug-likeness (QED) is 0.0790. The van der Waals surface area contributed by atoms with E-state index in [1.807, 2.05) is 60.7 Å². The molecule has 1 fully saturated rings. The molecule has 0 N–H and O–H groups in total. The van der Waals surface area contributed by atoms with Crippen molar-refractivity contribution in [2.24, 2.45) is 5.11 Å². The van der Waals surface area contributed by atoms with Crippen molar-refractivity contribution in [2.75, 3.05) is 6.61 Å². The Hall–Kier alpha value is -3.34. The molecular weight excluding hydrogens is 482 g/mol. The SMILES string of the molecule is CCCCCCC#C[C@@H]1O[C@H](COC(C)=O)[C@H](OCc2ccccc2)[C@H](OCc2ccccc2)[C@H]1N=[N+]=[N-]. The second-order valence-electron chi connectivity index (χ2n) is 9.25. The lowest BCUT2D eigenvalue weighted by atomic mass is 9.92. The van der Waals surface area contributed by atoms with E-state index >= 15 is 0 Å². The zero-order valence-electron chi connectivity index (χ0n) is 22.2. The molecule has 0 aromatic heterocycles. The molecule has 0 bridgehead atoms. The summed E-state index contributed by atoms with van der Waals surface area (Å²) in [7, 11) is 0. The van der Waals surface area contributed by atoms with Gasteiger partial charge in [0.15, 0.2) is 0 Å². The zero-order chi connectivity index (χ0) is 27.0. The second kappa shape index (κ2) is 16.5. The van der Waals surface area contributed by atoms with E-state index in [1.54, 1.807) is 0 Å². The minimum absolute atomic E-state index is 0.0301. The van der Waals surface area contributed by atoms with Gasteiger partial charge >= 0.3 is 5.97 Å². The molecule has 2 aromatic rings. The number of hydrogen-bond acceptors (Lipinski definition) is 6. The van der Waals surface area contributed by atoms with Gasteiger partial charge in [0.2, 0.25) is 0 Å². The average molecular weight is 520 g/mol. The van der Waals surface area contributed by atoms with Crippen molar-refractivity contribution < 1.29 is 23.7 Å². The fraction of sp³-hybridized carbons (Fsp3) is 0.500. The maximum Gasteiger partial charge on any atom is 0.302 e. The molecule has 3 rings (SSSR count). The number of unbranched alkanes of at least 4 members (excludes halogenated alkanes) is 4. The highest BCUT2D eigenvalue weighted by Gasteiger charge is 2.47. The summed E-state index contributed by atoms with van der Waals surface area (Å²) in [5.41, 5.74) is 11.4. The van der Waals surface area contributed by atoms with Crippen molar-refractivity contribution in [3.8, 4) is 11.8 Å². The maximum atomic E-state index is 11.7. The number of carbonyl (C=O) groups is 1. The van der Waals surface area contributed by atoms with E-state index in [9.17, 15) is 10.3 Å². The van der Waals surface area contributed by atoms with Gasteiger partial charge in [0.25, 0.3) is 0 Å². The molecule has 0 aliphatic carbocycles. The van der Waals surface area contributed by atoms with Crippen molar-refractivity contribution in [3.05, 3.63) is 82.2 Å². The van der Waals surface area contributed by atoms with Gasteiger partial charge in [-0.3, -0.25) is 4.79 Å². The van der Waals surface area contributed by atoms with Gasteiger partial charge in [-0.05, 0) is 23.1 Å². The number of esters is 1.